The molecule has 3 aliphatic heterocycles. The van der Waals surface area contributed by atoms with Gasteiger partial charge >= 0.3 is 12.4 Å². The van der Waals surface area contributed by atoms with Gasteiger partial charge in [0.1, 0.15) is 35.7 Å². The maximum Gasteiger partial charge on any atom is 0.586 e. The first-order chi connectivity index (χ1) is 21.3. The normalized spacial score (nSPS) is 30.4. The van der Waals surface area contributed by atoms with E-state index in [1.165, 1.54) is 11.0 Å². The summed E-state index contributed by atoms with van der Waals surface area (Å²) in [4.78, 5) is 50.4. The molecule has 11 nitrogen and oxygen atoms in total. The van der Waals surface area contributed by atoms with E-state index in [-0.39, 0.29) is 41.5 Å². The average molecular weight is 631 g/mol. The van der Waals surface area contributed by atoms with Crippen LogP contribution in [0.1, 0.15) is 78.3 Å². The van der Waals surface area contributed by atoms with Crippen LogP contribution in [0.4, 0.5) is 13.6 Å². The number of nitrogens with zero attached hydrogens (tertiary/aromatic N) is 3. The van der Waals surface area contributed by atoms with Gasteiger partial charge in [-0.2, -0.15) is 0 Å². The summed E-state index contributed by atoms with van der Waals surface area (Å²) in [6, 6.07) is 1.14. The minimum Gasteiger partial charge on any atom is -0.471 e. The topological polar surface area (TPSA) is 129 Å². The highest BCUT2D eigenvalue weighted by Gasteiger charge is 2.48. The summed E-state index contributed by atoms with van der Waals surface area (Å²) in [7, 11) is 0. The van der Waals surface area contributed by atoms with Crippen molar-refractivity contribution < 1.29 is 42.1 Å². The predicted molar refractivity (Wildman–Crippen MR) is 157 cm³/mol. The Morgan fingerprint density at radius 1 is 1.00 bits per heavy atom. The van der Waals surface area contributed by atoms with Crippen molar-refractivity contribution in [1.82, 2.24) is 20.2 Å². The Morgan fingerprint density at radius 3 is 2.53 bits per heavy atom. The fraction of sp³-hybridized carbons (Fsp3) is 0.656. The van der Waals surface area contributed by atoms with Gasteiger partial charge < -0.3 is 34.0 Å². The largest absolute Gasteiger partial charge is 0.586 e. The van der Waals surface area contributed by atoms with E-state index in [0.717, 1.165) is 44.9 Å². The Morgan fingerprint density at radius 2 is 1.78 bits per heavy atom. The minimum atomic E-state index is -3.83. The molecule has 2 fully saturated rings. The van der Waals surface area contributed by atoms with Crippen LogP contribution in [-0.2, 0) is 20.7 Å². The molecule has 4 heterocycles. The number of carbonyl (C=O) groups excluding carboxylic acids is 3. The number of aromatic nitrogens is 2. The summed E-state index contributed by atoms with van der Waals surface area (Å²) in [6.07, 6.45) is 2.08. The van der Waals surface area contributed by atoms with Gasteiger partial charge in [-0.25, -0.2) is 14.8 Å². The van der Waals surface area contributed by atoms with Crippen LogP contribution in [0, 0.1) is 17.3 Å². The molecule has 2 aromatic rings. The molecule has 6 rings (SSSR count). The van der Waals surface area contributed by atoms with E-state index in [0.29, 0.717) is 23.9 Å². The molecule has 244 valence electrons. The number of halogens is 2. The van der Waals surface area contributed by atoms with Gasteiger partial charge in [0.15, 0.2) is 5.75 Å². The highest BCUT2D eigenvalue weighted by molar-refractivity contribution is 5.89. The average Bonchev–Trinajstić information content (AvgIpc) is 3.64. The fourth-order valence-electron chi connectivity index (χ4n) is 6.98. The van der Waals surface area contributed by atoms with Crippen LogP contribution in [-0.4, -0.2) is 70.3 Å². The molecule has 1 saturated carbocycles. The van der Waals surface area contributed by atoms with E-state index in [4.69, 9.17) is 19.2 Å². The quantitative estimate of drug-likeness (QED) is 0.424. The number of alkyl carbamates (subject to hydrolysis) is 1. The molecule has 13 heteroatoms. The fourth-order valence-corrected chi connectivity index (χ4v) is 6.98. The van der Waals surface area contributed by atoms with Crippen LogP contribution in [0.2, 0.25) is 0 Å². The second-order valence-corrected chi connectivity index (χ2v) is 13.7. The standard InChI is InChI=1S/C32H40F2N4O7/c1-17-21(16-39)38-15-24(17)42-28-20(35-19-13-14-23-26(25(19)36-28)45-32(33,34)44-23)11-7-5-6-9-18-10-8-12-22(18)43-30(41)37-27(29(38)40)31(2,3)4/h13-14,16-18,21-22,24,27H,5-12,15H2,1-4H3,(H,37,41)/t17?,18-,21-,22-,24+,27-/m1/s1. The molecule has 2 amide bonds. The molecule has 45 heavy (non-hydrogen) atoms. The van der Waals surface area contributed by atoms with Crippen molar-refractivity contribution >= 4 is 29.3 Å². The number of hydrogen-bond acceptors (Lipinski definition) is 9. The smallest absolute Gasteiger partial charge is 0.471 e. The van der Waals surface area contributed by atoms with E-state index in [1.807, 2.05) is 20.8 Å². The number of benzene rings is 1. The van der Waals surface area contributed by atoms with Crippen LogP contribution in [0.3, 0.4) is 0 Å². The number of carbonyl (C=O) groups is 3. The number of aldehydes is 1. The number of nitrogens with one attached hydrogen (secondary N) is 1. The summed E-state index contributed by atoms with van der Waals surface area (Å²) in [5.41, 5.74) is 0.286. The van der Waals surface area contributed by atoms with Gasteiger partial charge in [-0.05, 0) is 62.0 Å². The number of hydrogen-bond donors (Lipinski definition) is 1. The first-order valence-corrected chi connectivity index (χ1v) is 15.8. The van der Waals surface area contributed by atoms with Crippen molar-refractivity contribution in [1.29, 1.82) is 0 Å². The molecule has 1 N–H and O–H groups in total. The summed E-state index contributed by atoms with van der Waals surface area (Å²) < 4.78 is 49.7. The first-order valence-electron chi connectivity index (χ1n) is 15.8. The molecule has 1 aliphatic carbocycles. The van der Waals surface area contributed by atoms with Crippen LogP contribution < -0.4 is 19.5 Å². The minimum absolute atomic E-state index is 0.0428. The lowest BCUT2D eigenvalue weighted by Crippen LogP contribution is -2.56. The number of amides is 2. The second kappa shape index (κ2) is 11.9. The van der Waals surface area contributed by atoms with E-state index in [2.05, 4.69) is 15.0 Å². The number of ether oxygens (including phenoxy) is 4. The lowest BCUT2D eigenvalue weighted by atomic mass is 9.85. The Hall–Kier alpha value is -3.77. The third kappa shape index (κ3) is 6.22. The van der Waals surface area contributed by atoms with E-state index < -0.39 is 47.8 Å². The summed E-state index contributed by atoms with van der Waals surface area (Å²) in [6.45, 7) is 7.37. The van der Waals surface area contributed by atoms with E-state index >= 15 is 0 Å². The molecule has 0 spiro atoms. The zero-order valence-corrected chi connectivity index (χ0v) is 26.0. The van der Waals surface area contributed by atoms with Crippen LogP contribution in [0.25, 0.3) is 11.0 Å². The summed E-state index contributed by atoms with van der Waals surface area (Å²) in [5, 5.41) is 2.81. The zero-order chi connectivity index (χ0) is 32.1. The molecule has 2 bridgehead atoms. The Labute approximate surface area is 260 Å². The van der Waals surface area contributed by atoms with Gasteiger partial charge in [-0.3, -0.25) is 4.79 Å². The molecule has 1 aromatic carbocycles. The van der Waals surface area contributed by atoms with Crippen LogP contribution in [0.5, 0.6) is 17.4 Å². The van der Waals surface area contributed by atoms with Crippen LogP contribution >= 0.6 is 0 Å². The number of aryl methyl sites for hydroxylation is 1. The van der Waals surface area contributed by atoms with E-state index in [1.54, 1.807) is 13.0 Å². The highest BCUT2D eigenvalue weighted by Crippen LogP contribution is 2.45. The number of fused-ring (bicyclic) bond motifs is 7. The molecule has 0 radical (unpaired) electrons. The van der Waals surface area contributed by atoms with Crippen molar-refractivity contribution in [2.24, 2.45) is 17.3 Å². The van der Waals surface area contributed by atoms with Gasteiger partial charge in [0.25, 0.3) is 0 Å². The molecule has 4 aliphatic rings. The van der Waals surface area contributed by atoms with E-state index in [9.17, 15) is 23.2 Å². The van der Waals surface area contributed by atoms with Crippen molar-refractivity contribution in [2.75, 3.05) is 6.54 Å². The van der Waals surface area contributed by atoms with Crippen molar-refractivity contribution in [3.8, 4) is 17.4 Å². The van der Waals surface area contributed by atoms with Gasteiger partial charge in [0.05, 0.1) is 18.1 Å². The Bertz CT molecular complexity index is 1480. The van der Waals surface area contributed by atoms with Gasteiger partial charge in [0.2, 0.25) is 17.5 Å². The summed E-state index contributed by atoms with van der Waals surface area (Å²) >= 11 is 0. The SMILES string of the molecule is CC1[C@@H]2CN(C(=O)[C@H](C(C)(C)C)NC(=O)O[C@@H]3CCC[C@H]3CCCCCc3nc4ccc5c(c4nc3O2)OC(F)(F)O5)[C@@H]1C=O. The lowest BCUT2D eigenvalue weighted by molar-refractivity contribution is -0.286. The van der Waals surface area contributed by atoms with Gasteiger partial charge in [-0.1, -0.05) is 40.5 Å². The molecule has 1 unspecified atom stereocenters. The molecule has 1 aromatic heterocycles. The second-order valence-electron chi connectivity index (χ2n) is 13.7. The molecule has 1 saturated heterocycles. The maximum absolute atomic E-state index is 14.1. The van der Waals surface area contributed by atoms with Crippen molar-refractivity contribution in [3.63, 3.8) is 0 Å². The zero-order valence-electron chi connectivity index (χ0n) is 26.0. The molecular formula is C32H40F2N4O7. The summed E-state index contributed by atoms with van der Waals surface area (Å²) in [5.74, 6) is -0.880. The van der Waals surface area contributed by atoms with Crippen molar-refractivity contribution in [3.05, 3.63) is 17.8 Å². The third-order valence-electron chi connectivity index (χ3n) is 9.50. The number of alkyl halides is 2. The number of rotatable bonds is 1. The Balaban J connectivity index is 1.37. The first kappa shape index (κ1) is 31.2. The molecular weight excluding hydrogens is 590 g/mol. The van der Waals surface area contributed by atoms with Gasteiger partial charge in [-0.15, -0.1) is 8.78 Å². The van der Waals surface area contributed by atoms with Gasteiger partial charge in [0, 0.05) is 5.92 Å². The third-order valence-corrected chi connectivity index (χ3v) is 9.50. The molecule has 6 atom stereocenters. The van der Waals surface area contributed by atoms with Crippen molar-refractivity contribution in [2.45, 2.75) is 110 Å². The Kier molecular flexibility index (Phi) is 8.23. The monoisotopic (exact) mass is 630 g/mol. The van der Waals surface area contributed by atoms with Crippen LogP contribution in [0.15, 0.2) is 12.1 Å². The maximum atomic E-state index is 14.1. The lowest BCUT2D eigenvalue weighted by Gasteiger charge is -2.35. The predicted octanol–water partition coefficient (Wildman–Crippen LogP) is 5.17. The highest BCUT2D eigenvalue weighted by atomic mass is 19.3.